The first-order valence-corrected chi connectivity index (χ1v) is 8.05. The fraction of sp³-hybridized carbons (Fsp3) is 0.467. The van der Waals surface area contributed by atoms with Crippen LogP contribution >= 0.6 is 0 Å². The highest BCUT2D eigenvalue weighted by Crippen LogP contribution is 2.44. The first kappa shape index (κ1) is 15.0. The fourth-order valence-electron chi connectivity index (χ4n) is 1.85. The molecule has 0 amide bonds. The van der Waals surface area contributed by atoms with E-state index in [9.17, 15) is 8.42 Å². The molecule has 2 rings (SSSR count). The van der Waals surface area contributed by atoms with Crippen molar-refractivity contribution in [3.05, 3.63) is 29.3 Å². The van der Waals surface area contributed by atoms with Gasteiger partial charge in [0, 0.05) is 12.1 Å². The minimum atomic E-state index is -3.57. The van der Waals surface area contributed by atoms with E-state index in [0.717, 1.165) is 18.4 Å². The first-order chi connectivity index (χ1) is 9.36. The number of aliphatic hydroxyl groups is 1. The molecule has 0 saturated heterocycles. The lowest BCUT2D eigenvalue weighted by Crippen LogP contribution is -2.29. The summed E-state index contributed by atoms with van der Waals surface area (Å²) in [5.41, 5.74) is 1.46. The number of hydrogen-bond donors (Lipinski definition) is 2. The van der Waals surface area contributed by atoms with Crippen molar-refractivity contribution in [3.8, 4) is 11.8 Å². The predicted octanol–water partition coefficient (Wildman–Crippen LogP) is 1.42. The van der Waals surface area contributed by atoms with Crippen LogP contribution in [0.15, 0.2) is 23.1 Å². The summed E-state index contributed by atoms with van der Waals surface area (Å²) in [6, 6.07) is 5.03. The maximum atomic E-state index is 12.4. The molecule has 5 heteroatoms. The third-order valence-corrected chi connectivity index (χ3v) is 4.98. The van der Waals surface area contributed by atoms with Gasteiger partial charge >= 0.3 is 0 Å². The summed E-state index contributed by atoms with van der Waals surface area (Å²) in [4.78, 5) is 0.174. The van der Waals surface area contributed by atoms with Crippen molar-refractivity contribution >= 4 is 10.0 Å². The van der Waals surface area contributed by atoms with Gasteiger partial charge < -0.3 is 5.11 Å². The van der Waals surface area contributed by atoms with Crippen LogP contribution in [0.2, 0.25) is 0 Å². The molecule has 4 nitrogen and oxygen atoms in total. The summed E-state index contributed by atoms with van der Waals surface area (Å²) in [6.45, 7) is 4.10. The Morgan fingerprint density at radius 1 is 1.40 bits per heavy atom. The van der Waals surface area contributed by atoms with E-state index in [1.165, 1.54) is 0 Å². The molecular formula is C15H19NO3S. The minimum absolute atomic E-state index is 0.106. The largest absolute Gasteiger partial charge is 0.384 e. The van der Waals surface area contributed by atoms with Crippen molar-refractivity contribution < 1.29 is 13.5 Å². The van der Waals surface area contributed by atoms with E-state index in [0.29, 0.717) is 12.1 Å². The number of aliphatic hydroxyl groups excluding tert-OH is 1. The molecule has 1 saturated carbocycles. The molecule has 0 spiro atoms. The number of hydrogen-bond acceptors (Lipinski definition) is 3. The molecule has 20 heavy (non-hydrogen) atoms. The molecular weight excluding hydrogens is 274 g/mol. The van der Waals surface area contributed by atoms with E-state index >= 15 is 0 Å². The lowest BCUT2D eigenvalue weighted by molar-refractivity contribution is 0.350. The van der Waals surface area contributed by atoms with Gasteiger partial charge in [0.15, 0.2) is 0 Å². The topological polar surface area (TPSA) is 66.4 Å². The number of rotatable bonds is 4. The monoisotopic (exact) mass is 293 g/mol. The maximum Gasteiger partial charge on any atom is 0.241 e. The third-order valence-electron chi connectivity index (χ3n) is 3.52. The molecule has 1 aromatic carbocycles. The highest BCUT2D eigenvalue weighted by molar-refractivity contribution is 7.89. The Labute approximate surface area is 120 Å². The van der Waals surface area contributed by atoms with Gasteiger partial charge in [0.05, 0.1) is 4.90 Å². The van der Waals surface area contributed by atoms with Crippen molar-refractivity contribution in [2.75, 3.05) is 13.2 Å². The van der Waals surface area contributed by atoms with Gasteiger partial charge in [-0.05, 0) is 42.9 Å². The highest BCUT2D eigenvalue weighted by Gasteiger charge is 2.38. The molecule has 0 unspecified atom stereocenters. The number of aryl methyl sites for hydroxylation is 1. The van der Waals surface area contributed by atoms with E-state index in [1.54, 1.807) is 18.2 Å². The standard InChI is InChI=1S/C15H19NO3S/c1-12-5-6-14(13(10-12)4-3-9-17)20(18,19)16-11-15(2)7-8-15/h5-6,10,16-17H,7-9,11H2,1-2H3. The second-order valence-corrected chi connectivity index (χ2v) is 7.33. The van der Waals surface area contributed by atoms with Gasteiger partial charge in [-0.1, -0.05) is 24.8 Å². The second kappa shape index (κ2) is 5.57. The van der Waals surface area contributed by atoms with Crippen LogP contribution in [0.4, 0.5) is 0 Å². The summed E-state index contributed by atoms with van der Waals surface area (Å²) in [5, 5.41) is 8.77. The van der Waals surface area contributed by atoms with Gasteiger partial charge in [-0.3, -0.25) is 0 Å². The highest BCUT2D eigenvalue weighted by atomic mass is 32.2. The van der Waals surface area contributed by atoms with Crippen molar-refractivity contribution in [1.29, 1.82) is 0 Å². The normalized spacial score (nSPS) is 16.4. The molecule has 1 aliphatic carbocycles. The molecule has 0 bridgehead atoms. The Bertz CT molecular complexity index is 664. The van der Waals surface area contributed by atoms with Gasteiger partial charge in [0.25, 0.3) is 0 Å². The molecule has 2 N–H and O–H groups in total. The Morgan fingerprint density at radius 3 is 2.70 bits per heavy atom. The summed E-state index contributed by atoms with van der Waals surface area (Å²) in [7, 11) is -3.57. The third kappa shape index (κ3) is 3.60. The number of sulfonamides is 1. The quantitative estimate of drug-likeness (QED) is 0.825. The lowest BCUT2D eigenvalue weighted by atomic mass is 10.1. The van der Waals surface area contributed by atoms with Gasteiger partial charge in [-0.25, -0.2) is 13.1 Å². The van der Waals surface area contributed by atoms with Crippen LogP contribution in [0.25, 0.3) is 0 Å². The lowest BCUT2D eigenvalue weighted by Gasteiger charge is -2.12. The van der Waals surface area contributed by atoms with E-state index in [-0.39, 0.29) is 16.9 Å². The van der Waals surface area contributed by atoms with E-state index < -0.39 is 10.0 Å². The van der Waals surface area contributed by atoms with Crippen LogP contribution in [0.3, 0.4) is 0 Å². The predicted molar refractivity (Wildman–Crippen MR) is 77.7 cm³/mol. The zero-order valence-corrected chi connectivity index (χ0v) is 12.5. The van der Waals surface area contributed by atoms with Crippen LogP contribution < -0.4 is 4.72 Å². The average molecular weight is 293 g/mol. The van der Waals surface area contributed by atoms with Crippen molar-refractivity contribution in [3.63, 3.8) is 0 Å². The van der Waals surface area contributed by atoms with E-state index in [2.05, 4.69) is 23.5 Å². The summed E-state index contributed by atoms with van der Waals surface area (Å²) >= 11 is 0. The maximum absolute atomic E-state index is 12.4. The Balaban J connectivity index is 2.30. The zero-order chi connectivity index (χ0) is 14.8. The molecule has 0 aliphatic heterocycles. The zero-order valence-electron chi connectivity index (χ0n) is 11.7. The van der Waals surface area contributed by atoms with E-state index in [4.69, 9.17) is 5.11 Å². The van der Waals surface area contributed by atoms with Crippen molar-refractivity contribution in [2.24, 2.45) is 5.41 Å². The van der Waals surface area contributed by atoms with Crippen LogP contribution in [-0.2, 0) is 10.0 Å². The molecule has 0 atom stereocenters. The van der Waals surface area contributed by atoms with Crippen LogP contribution in [0.5, 0.6) is 0 Å². The van der Waals surface area contributed by atoms with Crippen LogP contribution in [-0.4, -0.2) is 26.7 Å². The van der Waals surface area contributed by atoms with Gasteiger partial charge in [-0.2, -0.15) is 0 Å². The fourth-order valence-corrected chi connectivity index (χ4v) is 3.19. The molecule has 0 aromatic heterocycles. The molecule has 1 aromatic rings. The molecule has 0 radical (unpaired) electrons. The summed E-state index contributed by atoms with van der Waals surface area (Å²) in [6.07, 6.45) is 2.11. The summed E-state index contributed by atoms with van der Waals surface area (Å²) < 4.78 is 27.4. The molecule has 108 valence electrons. The Morgan fingerprint density at radius 2 is 2.10 bits per heavy atom. The van der Waals surface area contributed by atoms with Crippen LogP contribution in [0, 0.1) is 24.2 Å². The van der Waals surface area contributed by atoms with Crippen molar-refractivity contribution in [2.45, 2.75) is 31.6 Å². The van der Waals surface area contributed by atoms with Gasteiger partial charge in [-0.15, -0.1) is 0 Å². The number of nitrogens with one attached hydrogen (secondary N) is 1. The Hall–Kier alpha value is -1.35. The van der Waals surface area contributed by atoms with Gasteiger partial charge in [0.1, 0.15) is 6.61 Å². The first-order valence-electron chi connectivity index (χ1n) is 6.56. The second-order valence-electron chi connectivity index (χ2n) is 5.59. The van der Waals surface area contributed by atoms with Crippen molar-refractivity contribution in [1.82, 2.24) is 4.72 Å². The SMILES string of the molecule is Cc1ccc(S(=O)(=O)NCC2(C)CC2)c(C#CCO)c1. The Kier molecular flexibility index (Phi) is 4.19. The molecule has 1 fully saturated rings. The molecule has 1 aliphatic rings. The summed E-state index contributed by atoms with van der Waals surface area (Å²) in [5.74, 6) is 5.21. The molecule has 0 heterocycles. The number of benzene rings is 1. The minimum Gasteiger partial charge on any atom is -0.384 e. The van der Waals surface area contributed by atoms with Crippen LogP contribution in [0.1, 0.15) is 30.9 Å². The average Bonchev–Trinajstić information content (AvgIpc) is 3.13. The van der Waals surface area contributed by atoms with Gasteiger partial charge in [0.2, 0.25) is 10.0 Å². The smallest absolute Gasteiger partial charge is 0.241 e. The van der Waals surface area contributed by atoms with E-state index in [1.807, 2.05) is 6.92 Å².